The van der Waals surface area contributed by atoms with Gasteiger partial charge in [0.25, 0.3) is 0 Å². The molecule has 0 radical (unpaired) electrons. The number of aromatic nitrogens is 2. The minimum Gasteiger partial charge on any atom is -0.439 e. The molecule has 2 rings (SSSR count). The van der Waals surface area contributed by atoms with Crippen LogP contribution in [0.25, 0.3) is 0 Å². The minimum atomic E-state index is -0.638. The highest BCUT2D eigenvalue weighted by Crippen LogP contribution is 2.23. The van der Waals surface area contributed by atoms with Crippen molar-refractivity contribution in [3.8, 4) is 17.7 Å². The van der Waals surface area contributed by atoms with Gasteiger partial charge in [0.05, 0.1) is 5.56 Å². The summed E-state index contributed by atoms with van der Waals surface area (Å²) in [5.41, 5.74) is 5.63. The monoisotopic (exact) mass is 272 g/mol. The topological polar surface area (TPSA) is 84.8 Å². The largest absolute Gasteiger partial charge is 0.439 e. The number of ether oxygens (including phenoxy) is 1. The first-order valence-corrected chi connectivity index (χ1v) is 6.13. The molecule has 0 fully saturated rings. The van der Waals surface area contributed by atoms with Crippen LogP contribution in [-0.4, -0.2) is 9.97 Å². The number of rotatable bonds is 4. The first-order valence-electron chi connectivity index (χ1n) is 6.13. The third-order valence-corrected chi connectivity index (χ3v) is 2.53. The summed E-state index contributed by atoms with van der Waals surface area (Å²) in [6.45, 7) is 2.00. The van der Waals surface area contributed by atoms with Gasteiger partial charge in [0.15, 0.2) is 0 Å². The zero-order valence-corrected chi connectivity index (χ0v) is 10.9. The van der Waals surface area contributed by atoms with Gasteiger partial charge in [0.1, 0.15) is 29.3 Å². The normalized spacial score (nSPS) is 10.1. The van der Waals surface area contributed by atoms with E-state index in [-0.39, 0.29) is 17.2 Å². The summed E-state index contributed by atoms with van der Waals surface area (Å²) in [6.07, 6.45) is 1.57. The molecule has 20 heavy (non-hydrogen) atoms. The van der Waals surface area contributed by atoms with Crippen LogP contribution in [0.15, 0.2) is 24.3 Å². The molecule has 0 saturated carbocycles. The predicted octanol–water partition coefficient (Wildman–Crippen LogP) is 2.81. The standard InChI is InChI=1S/C14H13FN4O/c1-2-3-13-18-12(17)7-14(19-13)20-10-5-4-9(8-16)11(15)6-10/h4-7H,2-3H2,1H3,(H2,17,18,19). The molecule has 0 unspecified atom stereocenters. The minimum absolute atomic E-state index is 0.0359. The first-order chi connectivity index (χ1) is 9.62. The van der Waals surface area contributed by atoms with Crippen LogP contribution in [0.2, 0.25) is 0 Å². The van der Waals surface area contributed by atoms with Crippen LogP contribution in [-0.2, 0) is 6.42 Å². The average Bonchev–Trinajstić information content (AvgIpc) is 2.38. The number of aryl methyl sites for hydroxylation is 1. The third kappa shape index (κ3) is 3.20. The van der Waals surface area contributed by atoms with Crippen LogP contribution in [0.5, 0.6) is 11.6 Å². The molecule has 102 valence electrons. The fraction of sp³-hybridized carbons (Fsp3) is 0.214. The van der Waals surface area contributed by atoms with Crippen molar-refractivity contribution in [2.24, 2.45) is 0 Å². The van der Waals surface area contributed by atoms with Crippen molar-refractivity contribution in [3.63, 3.8) is 0 Å². The second-order valence-electron chi connectivity index (χ2n) is 4.15. The Balaban J connectivity index is 2.25. The van der Waals surface area contributed by atoms with Crippen LogP contribution in [0, 0.1) is 17.1 Å². The van der Waals surface area contributed by atoms with E-state index in [1.165, 1.54) is 18.2 Å². The van der Waals surface area contributed by atoms with Crippen LogP contribution in [0.3, 0.4) is 0 Å². The van der Waals surface area contributed by atoms with Gasteiger partial charge in [-0.25, -0.2) is 9.37 Å². The summed E-state index contributed by atoms with van der Waals surface area (Å²) in [5.74, 6) is 0.747. The SMILES string of the molecule is CCCc1nc(N)cc(Oc2ccc(C#N)c(F)c2)n1. The molecule has 1 aromatic heterocycles. The molecule has 0 aliphatic rings. The van der Waals surface area contributed by atoms with Crippen molar-refractivity contribution in [2.45, 2.75) is 19.8 Å². The number of hydrogen-bond donors (Lipinski definition) is 1. The van der Waals surface area contributed by atoms with Crippen molar-refractivity contribution in [3.05, 3.63) is 41.5 Å². The molecular weight excluding hydrogens is 259 g/mol. The Morgan fingerprint density at radius 3 is 2.80 bits per heavy atom. The number of halogens is 1. The van der Waals surface area contributed by atoms with E-state index in [1.54, 1.807) is 6.07 Å². The lowest BCUT2D eigenvalue weighted by molar-refractivity contribution is 0.454. The van der Waals surface area contributed by atoms with E-state index in [9.17, 15) is 4.39 Å². The van der Waals surface area contributed by atoms with Crippen LogP contribution >= 0.6 is 0 Å². The lowest BCUT2D eigenvalue weighted by Gasteiger charge is -2.07. The zero-order valence-electron chi connectivity index (χ0n) is 10.9. The van der Waals surface area contributed by atoms with E-state index in [2.05, 4.69) is 9.97 Å². The smallest absolute Gasteiger partial charge is 0.224 e. The maximum absolute atomic E-state index is 13.5. The number of anilines is 1. The highest BCUT2D eigenvalue weighted by molar-refractivity contribution is 5.39. The molecule has 1 heterocycles. The van der Waals surface area contributed by atoms with Crippen molar-refractivity contribution in [2.75, 3.05) is 5.73 Å². The van der Waals surface area contributed by atoms with Crippen LogP contribution in [0.1, 0.15) is 24.7 Å². The maximum atomic E-state index is 13.5. The van der Waals surface area contributed by atoms with Gasteiger partial charge < -0.3 is 10.5 Å². The number of nitrogen functional groups attached to an aromatic ring is 1. The van der Waals surface area contributed by atoms with Crippen LogP contribution < -0.4 is 10.5 Å². The highest BCUT2D eigenvalue weighted by Gasteiger charge is 2.07. The third-order valence-electron chi connectivity index (χ3n) is 2.53. The molecule has 0 bridgehead atoms. The summed E-state index contributed by atoms with van der Waals surface area (Å²) in [7, 11) is 0. The zero-order chi connectivity index (χ0) is 14.5. The Kier molecular flexibility index (Phi) is 4.11. The van der Waals surface area contributed by atoms with Gasteiger partial charge >= 0.3 is 0 Å². The summed E-state index contributed by atoms with van der Waals surface area (Å²) in [5, 5.41) is 8.66. The Morgan fingerprint density at radius 1 is 1.35 bits per heavy atom. The van der Waals surface area contributed by atoms with Gasteiger partial charge in [-0.2, -0.15) is 10.2 Å². The average molecular weight is 272 g/mol. The van der Waals surface area contributed by atoms with Gasteiger partial charge in [0, 0.05) is 18.6 Å². The molecule has 0 spiro atoms. The van der Waals surface area contributed by atoms with Gasteiger partial charge in [-0.15, -0.1) is 0 Å². The summed E-state index contributed by atoms with van der Waals surface area (Å²) in [6, 6.07) is 7.20. The maximum Gasteiger partial charge on any atom is 0.224 e. The molecule has 0 amide bonds. The molecule has 0 saturated heterocycles. The van der Waals surface area contributed by atoms with Crippen molar-refractivity contribution < 1.29 is 9.13 Å². The van der Waals surface area contributed by atoms with E-state index in [4.69, 9.17) is 15.7 Å². The fourth-order valence-electron chi connectivity index (χ4n) is 1.65. The number of benzene rings is 1. The number of hydrogen-bond acceptors (Lipinski definition) is 5. The fourth-order valence-corrected chi connectivity index (χ4v) is 1.65. The molecule has 0 aliphatic carbocycles. The van der Waals surface area contributed by atoms with Gasteiger partial charge in [-0.05, 0) is 18.6 Å². The van der Waals surface area contributed by atoms with Crippen molar-refractivity contribution >= 4 is 5.82 Å². The first kappa shape index (κ1) is 13.7. The highest BCUT2D eigenvalue weighted by atomic mass is 19.1. The molecule has 0 atom stereocenters. The van der Waals surface area contributed by atoms with E-state index in [0.717, 1.165) is 12.5 Å². The van der Waals surface area contributed by atoms with E-state index >= 15 is 0 Å². The predicted molar refractivity (Wildman–Crippen MR) is 71.6 cm³/mol. The molecule has 5 nitrogen and oxygen atoms in total. The molecule has 2 aromatic rings. The molecule has 1 aromatic carbocycles. The quantitative estimate of drug-likeness (QED) is 0.925. The van der Waals surface area contributed by atoms with E-state index < -0.39 is 5.82 Å². The molecule has 0 aliphatic heterocycles. The van der Waals surface area contributed by atoms with E-state index in [0.29, 0.717) is 18.1 Å². The van der Waals surface area contributed by atoms with Crippen LogP contribution in [0.4, 0.5) is 10.2 Å². The lowest BCUT2D eigenvalue weighted by atomic mass is 10.2. The number of nitriles is 1. The summed E-state index contributed by atoms with van der Waals surface area (Å²) >= 11 is 0. The summed E-state index contributed by atoms with van der Waals surface area (Å²) < 4.78 is 18.9. The molecule has 6 heteroatoms. The van der Waals surface area contributed by atoms with Gasteiger partial charge in [0.2, 0.25) is 5.88 Å². The number of nitrogens with zero attached hydrogens (tertiary/aromatic N) is 3. The molecular formula is C14H13FN4O. The number of nitrogens with two attached hydrogens (primary N) is 1. The Bertz CT molecular complexity index is 667. The van der Waals surface area contributed by atoms with Gasteiger partial charge in [-0.1, -0.05) is 6.92 Å². The second-order valence-corrected chi connectivity index (χ2v) is 4.15. The lowest BCUT2D eigenvalue weighted by Crippen LogP contribution is -2.01. The van der Waals surface area contributed by atoms with E-state index in [1.807, 2.05) is 6.92 Å². The Hall–Kier alpha value is -2.68. The van der Waals surface area contributed by atoms with Gasteiger partial charge in [-0.3, -0.25) is 0 Å². The summed E-state index contributed by atoms with van der Waals surface area (Å²) in [4.78, 5) is 8.27. The van der Waals surface area contributed by atoms with Crippen molar-refractivity contribution in [1.29, 1.82) is 5.26 Å². The molecule has 2 N–H and O–H groups in total. The Labute approximate surface area is 115 Å². The van der Waals surface area contributed by atoms with Crippen molar-refractivity contribution in [1.82, 2.24) is 9.97 Å². The Morgan fingerprint density at radius 2 is 2.15 bits per heavy atom. The second kappa shape index (κ2) is 5.97.